The van der Waals surface area contributed by atoms with Crippen molar-refractivity contribution in [2.75, 3.05) is 7.05 Å². The lowest BCUT2D eigenvalue weighted by atomic mass is 10.2. The Balaban J connectivity index is 1.92. The summed E-state index contributed by atoms with van der Waals surface area (Å²) < 4.78 is 1.73. The topological polar surface area (TPSA) is 93.1 Å². The molecular weight excluding hydrogens is 408 g/mol. The highest BCUT2D eigenvalue weighted by Gasteiger charge is 2.25. The van der Waals surface area contributed by atoms with E-state index in [4.69, 9.17) is 4.98 Å². The van der Waals surface area contributed by atoms with E-state index in [1.165, 1.54) is 29.3 Å². The molecule has 158 valence electrons. The standard InChI is InChI=1S/C20H28N4O3S2/c1-4-5-6-7-11-24-18(26)15-13-9-8-10-14(13)29-17(15)23-20(24)28-12(2)16(25)22-19(27)21-3/h12H,4-11H2,1-3H3,(H2,21,22,25,27). The minimum absolute atomic E-state index is 0.00677. The third kappa shape index (κ3) is 4.83. The second kappa shape index (κ2) is 9.75. The lowest BCUT2D eigenvalue weighted by Crippen LogP contribution is -2.41. The average Bonchev–Trinajstić information content (AvgIpc) is 3.27. The average molecular weight is 437 g/mol. The number of aryl methyl sites for hydroxylation is 2. The number of hydrogen-bond acceptors (Lipinski definition) is 6. The molecule has 1 aliphatic carbocycles. The lowest BCUT2D eigenvalue weighted by Gasteiger charge is -2.15. The Morgan fingerprint density at radius 1 is 1.28 bits per heavy atom. The number of carbonyl (C=O) groups is 2. The van der Waals surface area contributed by atoms with Crippen LogP contribution in [-0.4, -0.2) is 33.8 Å². The van der Waals surface area contributed by atoms with Gasteiger partial charge in [0.15, 0.2) is 5.16 Å². The number of carbonyl (C=O) groups excluding carboxylic acids is 2. The van der Waals surface area contributed by atoms with Crippen LogP contribution >= 0.6 is 23.1 Å². The fourth-order valence-corrected chi connectivity index (χ4v) is 5.77. The van der Waals surface area contributed by atoms with E-state index in [-0.39, 0.29) is 5.56 Å². The fraction of sp³-hybridized carbons (Fsp3) is 0.600. The number of fused-ring (bicyclic) bond motifs is 3. The summed E-state index contributed by atoms with van der Waals surface area (Å²) in [5, 5.41) is 5.43. The molecule has 29 heavy (non-hydrogen) atoms. The SMILES string of the molecule is CCCCCCn1c(SC(C)C(=O)NC(=O)NC)nc2sc3c(c2c1=O)CCC3. The smallest absolute Gasteiger partial charge is 0.321 e. The minimum atomic E-state index is -0.551. The summed E-state index contributed by atoms with van der Waals surface area (Å²) in [6.45, 7) is 4.47. The number of rotatable bonds is 8. The number of nitrogens with one attached hydrogen (secondary N) is 2. The third-order valence-electron chi connectivity index (χ3n) is 5.14. The summed E-state index contributed by atoms with van der Waals surface area (Å²) in [6.07, 6.45) is 7.27. The number of unbranched alkanes of at least 4 members (excludes halogenated alkanes) is 3. The maximum Gasteiger partial charge on any atom is 0.321 e. The summed E-state index contributed by atoms with van der Waals surface area (Å²) in [5.74, 6) is -0.407. The van der Waals surface area contributed by atoms with Crippen molar-refractivity contribution in [3.63, 3.8) is 0 Å². The highest BCUT2D eigenvalue weighted by Crippen LogP contribution is 2.36. The fourth-order valence-electron chi connectivity index (χ4n) is 3.53. The van der Waals surface area contributed by atoms with Crippen molar-refractivity contribution < 1.29 is 9.59 Å². The van der Waals surface area contributed by atoms with Gasteiger partial charge in [0.2, 0.25) is 5.91 Å². The van der Waals surface area contributed by atoms with Crippen molar-refractivity contribution >= 4 is 45.3 Å². The Labute approximate surface area is 178 Å². The Bertz CT molecular complexity index is 967. The van der Waals surface area contributed by atoms with Crippen LogP contribution in [0.5, 0.6) is 0 Å². The summed E-state index contributed by atoms with van der Waals surface area (Å²) >= 11 is 2.83. The Morgan fingerprint density at radius 2 is 2.07 bits per heavy atom. The van der Waals surface area contributed by atoms with Crippen LogP contribution in [-0.2, 0) is 24.2 Å². The molecule has 1 unspecified atom stereocenters. The van der Waals surface area contributed by atoms with Crippen LogP contribution in [0.2, 0.25) is 0 Å². The number of thiophene rings is 1. The second-order valence-corrected chi connectivity index (χ2v) is 9.67. The van der Waals surface area contributed by atoms with Gasteiger partial charge in [-0.15, -0.1) is 11.3 Å². The predicted octanol–water partition coefficient (Wildman–Crippen LogP) is 3.46. The first-order chi connectivity index (χ1) is 14.0. The highest BCUT2D eigenvalue weighted by molar-refractivity contribution is 8.00. The summed E-state index contributed by atoms with van der Waals surface area (Å²) in [6, 6.07) is -0.544. The Hall–Kier alpha value is -1.87. The second-order valence-electron chi connectivity index (χ2n) is 7.28. The zero-order chi connectivity index (χ0) is 21.0. The van der Waals surface area contributed by atoms with Crippen molar-refractivity contribution in [1.29, 1.82) is 0 Å². The quantitative estimate of drug-likeness (QED) is 0.375. The van der Waals surface area contributed by atoms with E-state index in [1.54, 1.807) is 22.8 Å². The normalized spacial score (nSPS) is 14.0. The predicted molar refractivity (Wildman–Crippen MR) is 118 cm³/mol. The minimum Gasteiger partial charge on any atom is -0.341 e. The van der Waals surface area contributed by atoms with Gasteiger partial charge in [-0.3, -0.25) is 19.5 Å². The molecule has 0 bridgehead atoms. The summed E-state index contributed by atoms with van der Waals surface area (Å²) in [4.78, 5) is 43.9. The van der Waals surface area contributed by atoms with E-state index >= 15 is 0 Å². The molecule has 0 fully saturated rings. The van der Waals surface area contributed by atoms with Gasteiger partial charge in [0.1, 0.15) is 4.83 Å². The first-order valence-electron chi connectivity index (χ1n) is 10.2. The largest absolute Gasteiger partial charge is 0.341 e. The van der Waals surface area contributed by atoms with Gasteiger partial charge in [-0.05, 0) is 38.2 Å². The van der Waals surface area contributed by atoms with E-state index in [9.17, 15) is 14.4 Å². The van der Waals surface area contributed by atoms with Crippen LogP contribution < -0.4 is 16.2 Å². The van der Waals surface area contributed by atoms with Gasteiger partial charge >= 0.3 is 6.03 Å². The molecule has 7 nitrogen and oxygen atoms in total. The van der Waals surface area contributed by atoms with Gasteiger partial charge in [-0.1, -0.05) is 37.9 Å². The molecule has 3 amide bonds. The number of amides is 3. The van der Waals surface area contributed by atoms with Gasteiger partial charge in [-0.25, -0.2) is 9.78 Å². The van der Waals surface area contributed by atoms with Gasteiger partial charge in [0, 0.05) is 18.5 Å². The van der Waals surface area contributed by atoms with Crippen LogP contribution in [0.4, 0.5) is 4.79 Å². The molecule has 2 heterocycles. The zero-order valence-electron chi connectivity index (χ0n) is 17.2. The summed E-state index contributed by atoms with van der Waals surface area (Å²) in [7, 11) is 1.46. The van der Waals surface area contributed by atoms with Gasteiger partial charge in [-0.2, -0.15) is 0 Å². The number of imide groups is 1. The van der Waals surface area contributed by atoms with Gasteiger partial charge in [0.25, 0.3) is 5.56 Å². The maximum absolute atomic E-state index is 13.4. The van der Waals surface area contributed by atoms with Crippen molar-refractivity contribution in [3.05, 3.63) is 20.8 Å². The van der Waals surface area contributed by atoms with Crippen LogP contribution in [0.3, 0.4) is 0 Å². The van der Waals surface area contributed by atoms with Crippen molar-refractivity contribution in [1.82, 2.24) is 20.2 Å². The van der Waals surface area contributed by atoms with E-state index in [1.807, 2.05) is 0 Å². The first kappa shape index (κ1) is 21.8. The summed E-state index contributed by atoms with van der Waals surface area (Å²) in [5.41, 5.74) is 1.18. The molecule has 2 aromatic rings. The van der Waals surface area contributed by atoms with E-state index in [0.717, 1.165) is 55.2 Å². The molecule has 3 rings (SSSR count). The van der Waals surface area contributed by atoms with Crippen LogP contribution in [0.15, 0.2) is 9.95 Å². The molecule has 2 aromatic heterocycles. The molecule has 0 saturated heterocycles. The molecule has 0 saturated carbocycles. The van der Waals surface area contributed by atoms with Crippen LogP contribution in [0.25, 0.3) is 10.2 Å². The number of aromatic nitrogens is 2. The van der Waals surface area contributed by atoms with Crippen molar-refractivity contribution in [3.8, 4) is 0 Å². The molecule has 9 heteroatoms. The van der Waals surface area contributed by atoms with E-state index < -0.39 is 17.2 Å². The third-order valence-corrected chi connectivity index (χ3v) is 7.42. The first-order valence-corrected chi connectivity index (χ1v) is 11.9. The van der Waals surface area contributed by atoms with Gasteiger partial charge < -0.3 is 5.32 Å². The molecule has 2 N–H and O–H groups in total. The van der Waals surface area contributed by atoms with E-state index in [0.29, 0.717) is 11.7 Å². The Morgan fingerprint density at radius 3 is 2.79 bits per heavy atom. The molecule has 0 radical (unpaired) electrons. The highest BCUT2D eigenvalue weighted by atomic mass is 32.2. The molecule has 1 aliphatic rings. The monoisotopic (exact) mass is 436 g/mol. The zero-order valence-corrected chi connectivity index (χ0v) is 18.8. The maximum atomic E-state index is 13.4. The molecule has 0 spiro atoms. The van der Waals surface area contributed by atoms with Crippen molar-refractivity contribution in [2.45, 2.75) is 75.7 Å². The molecule has 0 aromatic carbocycles. The molecular formula is C20H28N4O3S2. The lowest BCUT2D eigenvalue weighted by molar-refractivity contribution is -0.119. The number of hydrogen-bond donors (Lipinski definition) is 2. The Kier molecular flexibility index (Phi) is 7.34. The van der Waals surface area contributed by atoms with Crippen molar-refractivity contribution in [2.24, 2.45) is 0 Å². The number of nitrogens with zero attached hydrogens (tertiary/aromatic N) is 2. The van der Waals surface area contributed by atoms with E-state index in [2.05, 4.69) is 17.6 Å². The number of urea groups is 1. The molecule has 1 atom stereocenters. The van der Waals surface area contributed by atoms with Crippen LogP contribution in [0.1, 0.15) is 56.4 Å². The number of thioether (sulfide) groups is 1. The molecule has 0 aliphatic heterocycles. The van der Waals surface area contributed by atoms with Crippen LogP contribution in [0, 0.1) is 0 Å². The van der Waals surface area contributed by atoms with Gasteiger partial charge in [0.05, 0.1) is 10.6 Å².